The molecular weight excluding hydrogens is 290 g/mol. The molecule has 0 radical (unpaired) electrons. The third kappa shape index (κ3) is 4.22. The van der Waals surface area contributed by atoms with Gasteiger partial charge in [0.05, 0.1) is 0 Å². The molecular formula is C15H14ClN3O2. The van der Waals surface area contributed by atoms with E-state index in [1.165, 1.54) is 0 Å². The Morgan fingerprint density at radius 1 is 1.00 bits per heavy atom. The predicted molar refractivity (Wildman–Crippen MR) is 82.0 cm³/mol. The number of rotatable bonds is 4. The van der Waals surface area contributed by atoms with Crippen LogP contribution in [0.3, 0.4) is 0 Å². The van der Waals surface area contributed by atoms with Crippen LogP contribution in [-0.2, 0) is 4.79 Å². The second kappa shape index (κ2) is 6.76. The molecule has 0 aliphatic carbocycles. The molecule has 0 bridgehead atoms. The number of carbonyl (C=O) groups excluding carboxylic acids is 2. The average molecular weight is 304 g/mol. The Morgan fingerprint density at radius 3 is 2.19 bits per heavy atom. The van der Waals surface area contributed by atoms with Crippen LogP contribution in [0.1, 0.15) is 11.6 Å². The van der Waals surface area contributed by atoms with Crippen LogP contribution in [0.5, 0.6) is 0 Å². The fourth-order valence-corrected chi connectivity index (χ4v) is 1.98. The zero-order chi connectivity index (χ0) is 15.2. The number of halogens is 1. The quantitative estimate of drug-likeness (QED) is 0.812. The van der Waals surface area contributed by atoms with Gasteiger partial charge in [0.2, 0.25) is 0 Å². The number of hydrogen-bond donors (Lipinski definition) is 3. The lowest BCUT2D eigenvalue weighted by atomic mass is 10.1. The number of nitrogens with two attached hydrogens (primary N) is 1. The number of anilines is 1. The lowest BCUT2D eigenvalue weighted by Gasteiger charge is -2.19. The van der Waals surface area contributed by atoms with Gasteiger partial charge in [-0.3, -0.25) is 10.1 Å². The van der Waals surface area contributed by atoms with E-state index in [0.717, 1.165) is 0 Å². The monoisotopic (exact) mass is 303 g/mol. The minimum atomic E-state index is -0.890. The number of hydrogen-bond acceptors (Lipinski definition) is 3. The first-order valence-corrected chi connectivity index (χ1v) is 6.61. The lowest BCUT2D eigenvalue weighted by Crippen LogP contribution is -2.40. The maximum atomic E-state index is 12.1. The van der Waals surface area contributed by atoms with Crippen molar-refractivity contribution in [1.82, 2.24) is 5.32 Å². The molecule has 0 saturated heterocycles. The van der Waals surface area contributed by atoms with Crippen molar-refractivity contribution in [3.63, 3.8) is 0 Å². The number of imide groups is 1. The maximum absolute atomic E-state index is 12.1. The predicted octanol–water partition coefficient (Wildman–Crippen LogP) is 2.69. The van der Waals surface area contributed by atoms with Gasteiger partial charge in [0, 0.05) is 10.7 Å². The highest BCUT2D eigenvalue weighted by Gasteiger charge is 2.21. The fourth-order valence-electron chi connectivity index (χ4n) is 1.85. The second-order valence-corrected chi connectivity index (χ2v) is 4.78. The van der Waals surface area contributed by atoms with Crippen molar-refractivity contribution in [2.45, 2.75) is 6.04 Å². The van der Waals surface area contributed by atoms with Crippen LogP contribution in [0, 0.1) is 0 Å². The topological polar surface area (TPSA) is 84.2 Å². The van der Waals surface area contributed by atoms with Crippen molar-refractivity contribution < 1.29 is 9.59 Å². The van der Waals surface area contributed by atoms with Crippen LogP contribution in [-0.4, -0.2) is 11.9 Å². The first-order valence-electron chi connectivity index (χ1n) is 6.23. The first-order chi connectivity index (χ1) is 10.1. The molecule has 0 aliphatic rings. The fraction of sp³-hybridized carbons (Fsp3) is 0.0667. The summed E-state index contributed by atoms with van der Waals surface area (Å²) in [5.41, 5.74) is 6.42. The number of benzene rings is 2. The Kier molecular flexibility index (Phi) is 4.79. The molecule has 0 heterocycles. The minimum Gasteiger partial charge on any atom is -0.370 e. The van der Waals surface area contributed by atoms with Crippen molar-refractivity contribution in [1.29, 1.82) is 0 Å². The normalized spacial score (nSPS) is 11.5. The van der Waals surface area contributed by atoms with Gasteiger partial charge in [-0.2, -0.15) is 0 Å². The first kappa shape index (κ1) is 14.9. The highest BCUT2D eigenvalue weighted by molar-refractivity contribution is 6.30. The molecule has 3 amide bonds. The molecule has 2 rings (SSSR count). The summed E-state index contributed by atoms with van der Waals surface area (Å²) in [5, 5.41) is 5.73. The zero-order valence-electron chi connectivity index (χ0n) is 11.0. The van der Waals surface area contributed by atoms with Gasteiger partial charge in [0.1, 0.15) is 6.04 Å². The summed E-state index contributed by atoms with van der Waals surface area (Å²) in [4.78, 5) is 23.0. The number of amides is 3. The lowest BCUT2D eigenvalue weighted by molar-refractivity contribution is -0.120. The van der Waals surface area contributed by atoms with E-state index in [1.54, 1.807) is 36.4 Å². The Hall–Kier alpha value is -2.53. The number of urea groups is 1. The van der Waals surface area contributed by atoms with Crippen molar-refractivity contribution >= 4 is 29.2 Å². The summed E-state index contributed by atoms with van der Waals surface area (Å²) in [6.07, 6.45) is 0. The highest BCUT2D eigenvalue weighted by Crippen LogP contribution is 2.21. The smallest absolute Gasteiger partial charge is 0.318 e. The Bertz CT molecular complexity index is 629. The van der Waals surface area contributed by atoms with Crippen molar-refractivity contribution in [2.24, 2.45) is 5.73 Å². The van der Waals surface area contributed by atoms with Gasteiger partial charge in [-0.25, -0.2) is 4.79 Å². The minimum absolute atomic E-state index is 0.524. The molecule has 0 aromatic heterocycles. The zero-order valence-corrected chi connectivity index (χ0v) is 11.8. The maximum Gasteiger partial charge on any atom is 0.318 e. The average Bonchev–Trinajstić information content (AvgIpc) is 2.46. The Balaban J connectivity index is 2.25. The van der Waals surface area contributed by atoms with Gasteiger partial charge in [-0.1, -0.05) is 41.9 Å². The SMILES string of the molecule is NC(=O)NC(=O)[C@H](Nc1ccc(Cl)cc1)c1ccccc1. The van der Waals surface area contributed by atoms with Crippen molar-refractivity contribution in [2.75, 3.05) is 5.32 Å². The van der Waals surface area contributed by atoms with Gasteiger partial charge in [0.25, 0.3) is 5.91 Å². The molecule has 0 saturated carbocycles. The Labute approximate surface area is 127 Å². The number of primary amides is 1. The molecule has 5 nitrogen and oxygen atoms in total. The molecule has 6 heteroatoms. The van der Waals surface area contributed by atoms with Crippen LogP contribution in [0.15, 0.2) is 54.6 Å². The molecule has 4 N–H and O–H groups in total. The van der Waals surface area contributed by atoms with Gasteiger partial charge in [-0.05, 0) is 29.8 Å². The van der Waals surface area contributed by atoms with E-state index in [9.17, 15) is 9.59 Å². The van der Waals surface area contributed by atoms with Gasteiger partial charge >= 0.3 is 6.03 Å². The van der Waals surface area contributed by atoms with E-state index in [2.05, 4.69) is 10.6 Å². The van der Waals surface area contributed by atoms with Crippen molar-refractivity contribution in [3.8, 4) is 0 Å². The van der Waals surface area contributed by atoms with Gasteiger partial charge in [0.15, 0.2) is 0 Å². The molecule has 2 aromatic carbocycles. The van der Waals surface area contributed by atoms with E-state index in [-0.39, 0.29) is 0 Å². The molecule has 2 aromatic rings. The standard InChI is InChI=1S/C15H14ClN3O2/c16-11-6-8-12(9-7-11)18-13(14(20)19-15(17)21)10-4-2-1-3-5-10/h1-9,13,18H,(H3,17,19,20,21)/t13-/m1/s1. The molecule has 1 atom stereocenters. The van der Waals surface area contributed by atoms with Crippen LogP contribution in [0.2, 0.25) is 5.02 Å². The molecule has 0 aliphatic heterocycles. The third-order valence-electron chi connectivity index (χ3n) is 2.80. The summed E-state index contributed by atoms with van der Waals surface area (Å²) in [6, 6.07) is 14.3. The molecule has 108 valence electrons. The summed E-state index contributed by atoms with van der Waals surface area (Å²) in [5.74, 6) is -0.524. The molecule has 0 unspecified atom stereocenters. The third-order valence-corrected chi connectivity index (χ3v) is 3.05. The summed E-state index contributed by atoms with van der Waals surface area (Å²) in [7, 11) is 0. The van der Waals surface area contributed by atoms with Crippen LogP contribution >= 0.6 is 11.6 Å². The van der Waals surface area contributed by atoms with E-state index in [0.29, 0.717) is 16.3 Å². The second-order valence-electron chi connectivity index (χ2n) is 4.35. The molecule has 0 fully saturated rings. The number of nitrogens with one attached hydrogen (secondary N) is 2. The van der Waals surface area contributed by atoms with Crippen molar-refractivity contribution in [3.05, 3.63) is 65.2 Å². The van der Waals surface area contributed by atoms with E-state index >= 15 is 0 Å². The Morgan fingerprint density at radius 2 is 1.62 bits per heavy atom. The van der Waals surface area contributed by atoms with Gasteiger partial charge in [-0.15, -0.1) is 0 Å². The highest BCUT2D eigenvalue weighted by atomic mass is 35.5. The summed E-state index contributed by atoms with van der Waals surface area (Å²) in [6.45, 7) is 0. The van der Waals surface area contributed by atoms with Crippen LogP contribution in [0.25, 0.3) is 0 Å². The molecule has 0 spiro atoms. The van der Waals surface area contributed by atoms with Crippen LogP contribution < -0.4 is 16.4 Å². The van der Waals surface area contributed by atoms with E-state index < -0.39 is 18.0 Å². The number of carbonyl (C=O) groups is 2. The summed E-state index contributed by atoms with van der Waals surface area (Å²) < 4.78 is 0. The van der Waals surface area contributed by atoms with E-state index in [1.807, 2.05) is 18.2 Å². The van der Waals surface area contributed by atoms with Crippen LogP contribution in [0.4, 0.5) is 10.5 Å². The van der Waals surface area contributed by atoms with E-state index in [4.69, 9.17) is 17.3 Å². The summed E-state index contributed by atoms with van der Waals surface area (Å²) >= 11 is 5.83. The largest absolute Gasteiger partial charge is 0.370 e. The molecule has 21 heavy (non-hydrogen) atoms. The van der Waals surface area contributed by atoms with Gasteiger partial charge < -0.3 is 11.1 Å².